The number of carbonyl (C=O) groups excluding carboxylic acids is 1. The van der Waals surface area contributed by atoms with Crippen molar-refractivity contribution in [2.24, 2.45) is 7.05 Å². The number of ether oxygens (including phenoxy) is 1. The van der Waals surface area contributed by atoms with Gasteiger partial charge in [0.15, 0.2) is 5.82 Å². The van der Waals surface area contributed by atoms with Crippen LogP contribution in [0.15, 0.2) is 71.7 Å². The van der Waals surface area contributed by atoms with Gasteiger partial charge >= 0.3 is 6.18 Å². The van der Waals surface area contributed by atoms with Gasteiger partial charge in [0.25, 0.3) is 5.91 Å². The maximum atomic E-state index is 14.1. The molecule has 4 heterocycles. The number of fused-ring (bicyclic) bond motifs is 1. The molecule has 1 aliphatic heterocycles. The lowest BCUT2D eigenvalue weighted by Gasteiger charge is -2.33. The van der Waals surface area contributed by atoms with E-state index < -0.39 is 17.6 Å². The van der Waals surface area contributed by atoms with Crippen molar-refractivity contribution in [1.82, 2.24) is 24.3 Å². The van der Waals surface area contributed by atoms with E-state index in [1.165, 1.54) is 36.8 Å². The molecule has 3 aromatic heterocycles. The van der Waals surface area contributed by atoms with Crippen LogP contribution in [-0.4, -0.2) is 63.5 Å². The molecular weight excluding hydrogens is 597 g/mol. The van der Waals surface area contributed by atoms with Crippen molar-refractivity contribution in [3.63, 3.8) is 0 Å². The van der Waals surface area contributed by atoms with Gasteiger partial charge in [-0.25, -0.2) is 4.98 Å². The standard InChI is InChI=1S/C31H28ClF3N6O3/c1-39-10-12-41(13-11-39)17-20-4-3-19(15-23(20)31(33,34)35)29(42)37-26-16-22(5-6-24(26)32)44-30-27-25(7-9-40(27)2)36-28(38-30)21-8-14-43-18-21/h3-9,14-16,18H,10-13,17H2,1-2H3,(H,37,42). The first kappa shape index (κ1) is 29.7. The largest absolute Gasteiger partial charge is 0.472 e. The molecule has 1 N–H and O–H groups in total. The Balaban J connectivity index is 1.25. The smallest absolute Gasteiger partial charge is 0.416 e. The van der Waals surface area contributed by atoms with Crippen LogP contribution in [0.3, 0.4) is 0 Å². The van der Waals surface area contributed by atoms with Gasteiger partial charge in [-0.05, 0) is 49.0 Å². The van der Waals surface area contributed by atoms with Gasteiger partial charge in [0.2, 0.25) is 5.88 Å². The van der Waals surface area contributed by atoms with Crippen molar-refractivity contribution in [2.75, 3.05) is 38.5 Å². The van der Waals surface area contributed by atoms with E-state index in [4.69, 9.17) is 20.8 Å². The second-order valence-corrected chi connectivity index (χ2v) is 11.1. The second kappa shape index (κ2) is 11.9. The topological polar surface area (TPSA) is 88.7 Å². The van der Waals surface area contributed by atoms with Gasteiger partial charge in [-0.1, -0.05) is 17.7 Å². The number of piperazine rings is 1. The van der Waals surface area contributed by atoms with Gasteiger partial charge < -0.3 is 23.9 Å². The molecule has 6 rings (SSSR count). The van der Waals surface area contributed by atoms with E-state index in [9.17, 15) is 18.0 Å². The van der Waals surface area contributed by atoms with Crippen LogP contribution in [-0.2, 0) is 19.8 Å². The van der Waals surface area contributed by atoms with E-state index in [2.05, 4.69) is 20.2 Å². The first-order chi connectivity index (χ1) is 21.0. The Bertz CT molecular complexity index is 1810. The highest BCUT2D eigenvalue weighted by atomic mass is 35.5. The number of alkyl halides is 3. The van der Waals surface area contributed by atoms with E-state index in [1.807, 2.05) is 35.8 Å². The highest BCUT2D eigenvalue weighted by Crippen LogP contribution is 2.36. The second-order valence-electron chi connectivity index (χ2n) is 10.7. The van der Waals surface area contributed by atoms with Crippen molar-refractivity contribution in [1.29, 1.82) is 0 Å². The molecule has 0 unspecified atom stereocenters. The number of furan rings is 1. The number of benzene rings is 2. The Morgan fingerprint density at radius 3 is 2.57 bits per heavy atom. The summed E-state index contributed by atoms with van der Waals surface area (Å²) in [6.07, 6.45) is 0.234. The Hall–Kier alpha value is -4.39. The summed E-state index contributed by atoms with van der Waals surface area (Å²) in [5, 5.41) is 2.81. The summed E-state index contributed by atoms with van der Waals surface area (Å²) in [6, 6.07) is 11.8. The minimum absolute atomic E-state index is 0.124. The Morgan fingerprint density at radius 1 is 1.05 bits per heavy atom. The van der Waals surface area contributed by atoms with Crippen molar-refractivity contribution in [2.45, 2.75) is 12.7 Å². The third-order valence-electron chi connectivity index (χ3n) is 7.53. The van der Waals surface area contributed by atoms with Crippen LogP contribution in [0.25, 0.3) is 22.4 Å². The highest BCUT2D eigenvalue weighted by Gasteiger charge is 2.34. The zero-order valence-corrected chi connectivity index (χ0v) is 24.6. The molecule has 0 spiro atoms. The number of carbonyl (C=O) groups is 1. The first-order valence-corrected chi connectivity index (χ1v) is 14.2. The van der Waals surface area contributed by atoms with E-state index >= 15 is 0 Å². The van der Waals surface area contributed by atoms with Gasteiger partial charge in [0, 0.05) is 57.6 Å². The molecule has 13 heteroatoms. The summed E-state index contributed by atoms with van der Waals surface area (Å²) in [4.78, 5) is 26.4. The molecule has 44 heavy (non-hydrogen) atoms. The molecule has 5 aromatic rings. The van der Waals surface area contributed by atoms with Gasteiger partial charge in [0.05, 0.1) is 33.6 Å². The predicted molar refractivity (Wildman–Crippen MR) is 160 cm³/mol. The van der Waals surface area contributed by atoms with Crippen molar-refractivity contribution < 1.29 is 27.1 Å². The number of amides is 1. The summed E-state index contributed by atoms with van der Waals surface area (Å²) in [6.45, 7) is 3.05. The molecule has 1 saturated heterocycles. The molecule has 0 saturated carbocycles. The zero-order chi connectivity index (χ0) is 31.0. The van der Waals surface area contributed by atoms with Gasteiger partial charge in [-0.2, -0.15) is 18.2 Å². The lowest BCUT2D eigenvalue weighted by molar-refractivity contribution is -0.138. The Labute approximate surface area is 255 Å². The lowest BCUT2D eigenvalue weighted by Crippen LogP contribution is -2.44. The normalized spacial score (nSPS) is 14.7. The molecule has 9 nitrogen and oxygen atoms in total. The molecule has 0 radical (unpaired) electrons. The summed E-state index contributed by atoms with van der Waals surface area (Å²) in [5.74, 6) is 0.202. The van der Waals surface area contributed by atoms with E-state index in [-0.39, 0.29) is 34.3 Å². The van der Waals surface area contributed by atoms with Crippen LogP contribution >= 0.6 is 11.6 Å². The number of rotatable bonds is 7. The van der Waals surface area contributed by atoms with Crippen molar-refractivity contribution in [3.05, 3.63) is 89.0 Å². The summed E-state index contributed by atoms with van der Waals surface area (Å²) in [5.41, 5.74) is 1.25. The molecule has 0 bridgehead atoms. The van der Waals surface area contributed by atoms with Gasteiger partial charge in [-0.3, -0.25) is 9.69 Å². The number of aromatic nitrogens is 3. The number of halogens is 4. The minimum atomic E-state index is -4.63. The molecule has 2 aromatic carbocycles. The van der Waals surface area contributed by atoms with Crippen LogP contribution in [0, 0.1) is 0 Å². The highest BCUT2D eigenvalue weighted by molar-refractivity contribution is 6.34. The summed E-state index contributed by atoms with van der Waals surface area (Å²) >= 11 is 6.37. The molecule has 228 valence electrons. The van der Waals surface area contributed by atoms with Crippen LogP contribution < -0.4 is 10.1 Å². The van der Waals surface area contributed by atoms with Crippen molar-refractivity contribution >= 4 is 34.2 Å². The van der Waals surface area contributed by atoms with Crippen LogP contribution in [0.5, 0.6) is 11.6 Å². The number of anilines is 1. The lowest BCUT2D eigenvalue weighted by atomic mass is 10.0. The molecule has 1 fully saturated rings. The average Bonchev–Trinajstić information content (AvgIpc) is 3.66. The quantitative estimate of drug-likeness (QED) is 0.216. The maximum absolute atomic E-state index is 14.1. The fourth-order valence-corrected chi connectivity index (χ4v) is 5.25. The number of hydrogen-bond donors (Lipinski definition) is 1. The Kier molecular flexibility index (Phi) is 8.06. The van der Waals surface area contributed by atoms with Crippen molar-refractivity contribution in [3.8, 4) is 23.0 Å². The monoisotopic (exact) mass is 624 g/mol. The Morgan fingerprint density at radius 2 is 1.84 bits per heavy atom. The minimum Gasteiger partial charge on any atom is -0.472 e. The van der Waals surface area contributed by atoms with E-state index in [0.717, 1.165) is 19.2 Å². The van der Waals surface area contributed by atoms with Crippen LogP contribution in [0.4, 0.5) is 18.9 Å². The zero-order valence-electron chi connectivity index (χ0n) is 23.9. The molecular formula is C31H28ClF3N6O3. The van der Waals surface area contributed by atoms with Crippen LogP contribution in [0.1, 0.15) is 21.5 Å². The number of nitrogens with zero attached hydrogens (tertiary/aromatic N) is 5. The number of nitrogens with one attached hydrogen (secondary N) is 1. The third-order valence-corrected chi connectivity index (χ3v) is 7.86. The summed E-state index contributed by atoms with van der Waals surface area (Å²) < 4.78 is 55.4. The molecule has 1 amide bonds. The third kappa shape index (κ3) is 6.28. The average molecular weight is 625 g/mol. The maximum Gasteiger partial charge on any atom is 0.416 e. The number of hydrogen-bond acceptors (Lipinski definition) is 7. The fourth-order valence-electron chi connectivity index (χ4n) is 5.08. The van der Waals surface area contributed by atoms with Crippen LogP contribution in [0.2, 0.25) is 5.02 Å². The number of aryl methyl sites for hydroxylation is 1. The molecule has 0 atom stereocenters. The molecule has 0 aliphatic carbocycles. The first-order valence-electron chi connectivity index (χ1n) is 13.8. The predicted octanol–water partition coefficient (Wildman–Crippen LogP) is 6.69. The molecule has 1 aliphatic rings. The van der Waals surface area contributed by atoms with E-state index in [1.54, 1.807) is 12.1 Å². The fraction of sp³-hybridized carbons (Fsp3) is 0.258. The van der Waals surface area contributed by atoms with Gasteiger partial charge in [0.1, 0.15) is 17.5 Å². The SMILES string of the molecule is CN1CCN(Cc2ccc(C(=O)Nc3cc(Oc4nc(-c5ccoc5)nc5ccn(C)c45)ccc3Cl)cc2C(F)(F)F)CC1. The number of likely N-dealkylation sites (N-methyl/N-ethyl adjacent to an activating group) is 1. The summed E-state index contributed by atoms with van der Waals surface area (Å²) in [7, 11) is 3.81. The van der Waals surface area contributed by atoms with E-state index in [0.29, 0.717) is 41.3 Å². The van der Waals surface area contributed by atoms with Gasteiger partial charge in [-0.15, -0.1) is 0 Å².